The SMILES string of the molecule is CCOC(=O)c1c(NC(=O)CCSc2ccc(Cl)cc2)sc(C)c1C. The smallest absolute Gasteiger partial charge is 0.341 e. The van der Waals surface area contributed by atoms with Gasteiger partial charge in [0.25, 0.3) is 0 Å². The Morgan fingerprint density at radius 2 is 1.92 bits per heavy atom. The molecule has 0 saturated carbocycles. The molecule has 0 bridgehead atoms. The molecule has 0 radical (unpaired) electrons. The molecule has 1 aromatic carbocycles. The summed E-state index contributed by atoms with van der Waals surface area (Å²) in [5, 5.41) is 4.11. The van der Waals surface area contributed by atoms with Gasteiger partial charge in [-0.05, 0) is 50.6 Å². The van der Waals surface area contributed by atoms with E-state index >= 15 is 0 Å². The van der Waals surface area contributed by atoms with E-state index in [0.717, 1.165) is 15.3 Å². The first kappa shape index (κ1) is 19.8. The van der Waals surface area contributed by atoms with Gasteiger partial charge in [-0.1, -0.05) is 11.6 Å². The van der Waals surface area contributed by atoms with E-state index in [1.165, 1.54) is 11.3 Å². The van der Waals surface area contributed by atoms with Crippen LogP contribution in [0.1, 0.15) is 34.1 Å². The Hall–Kier alpha value is -1.50. The average molecular weight is 398 g/mol. The Labute approximate surface area is 160 Å². The number of amides is 1. The van der Waals surface area contributed by atoms with Crippen molar-refractivity contribution in [1.29, 1.82) is 0 Å². The number of rotatable bonds is 7. The van der Waals surface area contributed by atoms with E-state index in [2.05, 4.69) is 5.32 Å². The molecule has 1 heterocycles. The van der Waals surface area contributed by atoms with Gasteiger partial charge in [-0.2, -0.15) is 0 Å². The van der Waals surface area contributed by atoms with Gasteiger partial charge in [-0.15, -0.1) is 23.1 Å². The molecule has 25 heavy (non-hydrogen) atoms. The molecule has 4 nitrogen and oxygen atoms in total. The molecule has 1 N–H and O–H groups in total. The fourth-order valence-corrected chi connectivity index (χ4v) is 4.19. The van der Waals surface area contributed by atoms with Crippen LogP contribution in [0.3, 0.4) is 0 Å². The van der Waals surface area contributed by atoms with Crippen molar-refractivity contribution in [1.82, 2.24) is 0 Å². The van der Waals surface area contributed by atoms with E-state index in [9.17, 15) is 9.59 Å². The number of thiophene rings is 1. The molecule has 0 fully saturated rings. The highest BCUT2D eigenvalue weighted by molar-refractivity contribution is 7.99. The Bertz CT molecular complexity index is 756. The van der Waals surface area contributed by atoms with Gasteiger partial charge < -0.3 is 10.1 Å². The summed E-state index contributed by atoms with van der Waals surface area (Å²) in [5.74, 6) is 0.134. The van der Waals surface area contributed by atoms with E-state index in [1.54, 1.807) is 18.7 Å². The number of ether oxygens (including phenoxy) is 1. The van der Waals surface area contributed by atoms with Crippen molar-refractivity contribution in [3.63, 3.8) is 0 Å². The van der Waals surface area contributed by atoms with E-state index in [1.807, 2.05) is 38.1 Å². The molecule has 0 atom stereocenters. The van der Waals surface area contributed by atoms with Crippen molar-refractivity contribution in [3.8, 4) is 0 Å². The van der Waals surface area contributed by atoms with Gasteiger partial charge in [0.05, 0.1) is 12.2 Å². The molecule has 0 spiro atoms. The zero-order valence-electron chi connectivity index (χ0n) is 14.3. The summed E-state index contributed by atoms with van der Waals surface area (Å²) in [6, 6.07) is 7.51. The van der Waals surface area contributed by atoms with E-state index in [4.69, 9.17) is 16.3 Å². The maximum atomic E-state index is 12.2. The molecule has 134 valence electrons. The minimum Gasteiger partial charge on any atom is -0.462 e. The van der Waals surface area contributed by atoms with Crippen LogP contribution in [0, 0.1) is 13.8 Å². The first-order valence-electron chi connectivity index (χ1n) is 7.87. The van der Waals surface area contributed by atoms with E-state index in [0.29, 0.717) is 34.4 Å². The highest BCUT2D eigenvalue weighted by atomic mass is 35.5. The van der Waals surface area contributed by atoms with Crippen LogP contribution in [0.4, 0.5) is 5.00 Å². The van der Waals surface area contributed by atoms with Crippen LogP contribution in [-0.2, 0) is 9.53 Å². The number of hydrogen-bond donors (Lipinski definition) is 1. The van der Waals surface area contributed by atoms with Crippen molar-refractivity contribution in [2.75, 3.05) is 17.7 Å². The molecule has 1 amide bonds. The summed E-state index contributed by atoms with van der Waals surface area (Å²) in [6.45, 7) is 5.86. The number of anilines is 1. The molecular weight excluding hydrogens is 378 g/mol. The lowest BCUT2D eigenvalue weighted by Crippen LogP contribution is -2.15. The molecule has 2 rings (SSSR count). The molecule has 2 aromatic rings. The lowest BCUT2D eigenvalue weighted by Gasteiger charge is -2.07. The van der Waals surface area contributed by atoms with E-state index < -0.39 is 5.97 Å². The summed E-state index contributed by atoms with van der Waals surface area (Å²) >= 11 is 8.84. The van der Waals surface area contributed by atoms with E-state index in [-0.39, 0.29) is 5.91 Å². The predicted molar refractivity (Wildman–Crippen MR) is 105 cm³/mol. The molecule has 0 aliphatic rings. The van der Waals surface area contributed by atoms with Crippen molar-refractivity contribution in [2.45, 2.75) is 32.1 Å². The third-order valence-electron chi connectivity index (χ3n) is 3.53. The van der Waals surface area contributed by atoms with Gasteiger partial charge in [0.15, 0.2) is 0 Å². The first-order chi connectivity index (χ1) is 11.9. The second-order valence-corrected chi connectivity index (χ2v) is 8.14. The minimum absolute atomic E-state index is 0.117. The van der Waals surface area contributed by atoms with Gasteiger partial charge >= 0.3 is 5.97 Å². The lowest BCUT2D eigenvalue weighted by molar-refractivity contribution is -0.115. The zero-order chi connectivity index (χ0) is 18.4. The Morgan fingerprint density at radius 1 is 1.24 bits per heavy atom. The van der Waals surface area contributed by atoms with Crippen LogP contribution in [0.25, 0.3) is 0 Å². The monoisotopic (exact) mass is 397 g/mol. The fourth-order valence-electron chi connectivity index (χ4n) is 2.15. The molecular formula is C18H20ClNO3S2. The van der Waals surface area contributed by atoms with Crippen LogP contribution in [0.5, 0.6) is 0 Å². The number of esters is 1. The number of carbonyl (C=O) groups is 2. The Balaban J connectivity index is 1.95. The maximum Gasteiger partial charge on any atom is 0.341 e. The average Bonchev–Trinajstić information content (AvgIpc) is 2.83. The summed E-state index contributed by atoms with van der Waals surface area (Å²) in [6.07, 6.45) is 0.353. The number of benzene rings is 1. The Morgan fingerprint density at radius 3 is 2.56 bits per heavy atom. The number of aryl methyl sites for hydroxylation is 1. The third kappa shape index (κ3) is 5.49. The molecule has 7 heteroatoms. The molecule has 1 aromatic heterocycles. The third-order valence-corrected chi connectivity index (χ3v) is 5.92. The summed E-state index contributed by atoms with van der Waals surface area (Å²) in [7, 11) is 0. The number of thioether (sulfide) groups is 1. The van der Waals surface area contributed by atoms with Gasteiger partial charge in [-0.25, -0.2) is 4.79 Å². The number of hydrogen-bond acceptors (Lipinski definition) is 5. The number of carbonyl (C=O) groups excluding carboxylic acids is 2. The van der Waals surface area contributed by atoms with Crippen molar-refractivity contribution in [3.05, 3.63) is 45.3 Å². The zero-order valence-corrected chi connectivity index (χ0v) is 16.7. The summed E-state index contributed by atoms with van der Waals surface area (Å²) in [5.41, 5.74) is 1.32. The standard InChI is InChI=1S/C18H20ClNO3S2/c1-4-23-18(22)16-11(2)12(3)25-17(16)20-15(21)9-10-24-14-7-5-13(19)6-8-14/h5-8H,4,9-10H2,1-3H3,(H,20,21). The highest BCUT2D eigenvalue weighted by Gasteiger charge is 2.21. The molecule has 0 saturated heterocycles. The number of halogens is 1. The van der Waals surface area contributed by atoms with Crippen LogP contribution in [0.2, 0.25) is 5.02 Å². The van der Waals surface area contributed by atoms with Crippen molar-refractivity contribution >= 4 is 51.6 Å². The topological polar surface area (TPSA) is 55.4 Å². The number of nitrogens with one attached hydrogen (secondary N) is 1. The van der Waals surface area contributed by atoms with Gasteiger partial charge in [0.2, 0.25) is 5.91 Å². The lowest BCUT2D eigenvalue weighted by atomic mass is 10.1. The van der Waals surface area contributed by atoms with Crippen LogP contribution in [0.15, 0.2) is 29.2 Å². The van der Waals surface area contributed by atoms with Crippen LogP contribution in [-0.4, -0.2) is 24.2 Å². The predicted octanol–water partition coefficient (Wildman–Crippen LogP) is 5.32. The van der Waals surface area contributed by atoms with Crippen molar-refractivity contribution < 1.29 is 14.3 Å². The summed E-state index contributed by atoms with van der Waals surface area (Å²) < 4.78 is 5.09. The molecule has 0 aliphatic carbocycles. The Kier molecular flexibility index (Phi) is 7.35. The van der Waals surface area contributed by atoms with Gasteiger partial charge in [0, 0.05) is 27.0 Å². The maximum absolute atomic E-state index is 12.2. The first-order valence-corrected chi connectivity index (χ1v) is 10.1. The molecule has 0 aliphatic heterocycles. The van der Waals surface area contributed by atoms with Gasteiger partial charge in [0.1, 0.15) is 5.00 Å². The minimum atomic E-state index is -0.393. The second kappa shape index (κ2) is 9.27. The van der Waals surface area contributed by atoms with Crippen LogP contribution >= 0.6 is 34.7 Å². The quantitative estimate of drug-likeness (QED) is 0.507. The largest absolute Gasteiger partial charge is 0.462 e. The summed E-state index contributed by atoms with van der Waals surface area (Å²) in [4.78, 5) is 26.4. The normalized spacial score (nSPS) is 10.6. The van der Waals surface area contributed by atoms with Gasteiger partial charge in [-0.3, -0.25) is 4.79 Å². The molecule has 0 unspecified atom stereocenters. The van der Waals surface area contributed by atoms with Crippen LogP contribution < -0.4 is 5.32 Å². The highest BCUT2D eigenvalue weighted by Crippen LogP contribution is 2.33. The second-order valence-electron chi connectivity index (χ2n) is 5.31. The van der Waals surface area contributed by atoms with Crippen molar-refractivity contribution in [2.24, 2.45) is 0 Å². The fraction of sp³-hybridized carbons (Fsp3) is 0.333.